The van der Waals surface area contributed by atoms with E-state index in [2.05, 4.69) is 6.92 Å². The number of rotatable bonds is 4. The molecule has 0 saturated carbocycles. The summed E-state index contributed by atoms with van der Waals surface area (Å²) >= 11 is 1.57. The lowest BCUT2D eigenvalue weighted by molar-refractivity contribution is 0.0589. The highest BCUT2D eigenvalue weighted by molar-refractivity contribution is 7.14. The van der Waals surface area contributed by atoms with Crippen LogP contribution < -0.4 is 10.5 Å². The highest BCUT2D eigenvalue weighted by Crippen LogP contribution is 2.33. The topological polar surface area (TPSA) is 55.6 Å². The zero-order chi connectivity index (χ0) is 18.0. The molecule has 2 aromatic rings. The van der Waals surface area contributed by atoms with Gasteiger partial charge in [0.2, 0.25) is 0 Å². The second kappa shape index (κ2) is 8.89. The molecule has 3 rings (SSSR count). The van der Waals surface area contributed by atoms with Crippen LogP contribution in [0.2, 0.25) is 0 Å². The smallest absolute Gasteiger partial charge is 0.264 e. The van der Waals surface area contributed by atoms with Crippen molar-refractivity contribution in [2.24, 2.45) is 5.73 Å². The second-order valence-electron chi connectivity index (χ2n) is 6.73. The molecular formula is C20H27ClN2O2S. The fraction of sp³-hybridized carbons (Fsp3) is 0.450. The number of nitrogens with two attached hydrogens (primary N) is 1. The molecule has 0 radical (unpaired) electrons. The number of benzene rings is 1. The van der Waals surface area contributed by atoms with Crippen LogP contribution in [0.5, 0.6) is 5.75 Å². The number of amides is 1. The molecule has 1 amide bonds. The van der Waals surface area contributed by atoms with Crippen LogP contribution in [0.1, 0.15) is 40.7 Å². The van der Waals surface area contributed by atoms with Crippen LogP contribution in [0.15, 0.2) is 30.3 Å². The summed E-state index contributed by atoms with van der Waals surface area (Å²) in [6.45, 7) is 4.87. The van der Waals surface area contributed by atoms with Crippen molar-refractivity contribution in [1.82, 2.24) is 4.90 Å². The van der Waals surface area contributed by atoms with Gasteiger partial charge in [0, 0.05) is 23.5 Å². The van der Waals surface area contributed by atoms with Crippen LogP contribution in [0.4, 0.5) is 0 Å². The van der Waals surface area contributed by atoms with Crippen molar-refractivity contribution in [3.8, 4) is 16.9 Å². The Balaban J connectivity index is 0.00000243. The molecular weight excluding hydrogens is 368 g/mol. The van der Waals surface area contributed by atoms with E-state index < -0.39 is 0 Å². The summed E-state index contributed by atoms with van der Waals surface area (Å²) in [4.78, 5) is 17.0. The first-order valence-corrected chi connectivity index (χ1v) is 9.64. The van der Waals surface area contributed by atoms with Crippen molar-refractivity contribution < 1.29 is 9.53 Å². The number of thiophene rings is 1. The summed E-state index contributed by atoms with van der Waals surface area (Å²) < 4.78 is 5.22. The summed E-state index contributed by atoms with van der Waals surface area (Å²) in [5.74, 6) is 0.955. The zero-order valence-electron chi connectivity index (χ0n) is 15.5. The van der Waals surface area contributed by atoms with Gasteiger partial charge in [0.05, 0.1) is 12.0 Å². The molecule has 1 saturated heterocycles. The minimum Gasteiger partial charge on any atom is -0.497 e. The molecule has 1 aliphatic rings. The van der Waals surface area contributed by atoms with Gasteiger partial charge in [-0.2, -0.15) is 0 Å². The van der Waals surface area contributed by atoms with Gasteiger partial charge >= 0.3 is 0 Å². The van der Waals surface area contributed by atoms with Crippen molar-refractivity contribution in [2.45, 2.75) is 45.2 Å². The summed E-state index contributed by atoms with van der Waals surface area (Å²) in [7, 11) is 1.66. The molecule has 2 unspecified atom stereocenters. The Hall–Kier alpha value is -1.56. The lowest BCUT2D eigenvalue weighted by Crippen LogP contribution is -2.51. The number of piperidine rings is 1. The highest BCUT2D eigenvalue weighted by Gasteiger charge is 2.30. The number of methoxy groups -OCH3 is 1. The number of aryl methyl sites for hydroxylation is 1. The third-order valence-electron chi connectivity index (χ3n) is 4.95. The Morgan fingerprint density at radius 3 is 2.62 bits per heavy atom. The summed E-state index contributed by atoms with van der Waals surface area (Å²) in [6.07, 6.45) is 3.21. The van der Waals surface area contributed by atoms with Gasteiger partial charge in [0.25, 0.3) is 5.91 Å². The summed E-state index contributed by atoms with van der Waals surface area (Å²) in [5.41, 5.74) is 8.35. The predicted molar refractivity (Wildman–Crippen MR) is 111 cm³/mol. The largest absolute Gasteiger partial charge is 0.497 e. The Bertz CT molecular complexity index is 743. The normalized spacial score (nSPS) is 18.2. The van der Waals surface area contributed by atoms with Gasteiger partial charge in [-0.3, -0.25) is 4.79 Å². The summed E-state index contributed by atoms with van der Waals surface area (Å²) in [6, 6.07) is 10.1. The zero-order valence-corrected chi connectivity index (χ0v) is 17.2. The van der Waals surface area contributed by atoms with E-state index in [9.17, 15) is 4.79 Å². The minimum atomic E-state index is 0. The Morgan fingerprint density at radius 1 is 1.31 bits per heavy atom. The van der Waals surface area contributed by atoms with Crippen molar-refractivity contribution in [3.63, 3.8) is 0 Å². The maximum Gasteiger partial charge on any atom is 0.264 e. The van der Waals surface area contributed by atoms with E-state index in [1.54, 1.807) is 18.4 Å². The monoisotopic (exact) mass is 394 g/mol. The van der Waals surface area contributed by atoms with Crippen LogP contribution in [0.3, 0.4) is 0 Å². The standard InChI is InChI=1S/C20H26N2O2S.ClH/c1-13(21)18-6-4-5-11-22(18)20(23)19-12-17(14(2)25-19)15-7-9-16(24-3)10-8-15;/h7-10,12-13,18H,4-6,11,21H2,1-3H3;1H. The molecule has 0 aliphatic carbocycles. The minimum absolute atomic E-state index is 0. The number of hydrogen-bond donors (Lipinski definition) is 1. The first kappa shape index (κ1) is 20.7. The fourth-order valence-corrected chi connectivity index (χ4v) is 4.54. The number of halogens is 1. The molecule has 2 heterocycles. The average molecular weight is 395 g/mol. The molecule has 1 aromatic carbocycles. The molecule has 1 fully saturated rings. The van der Waals surface area contributed by atoms with E-state index in [1.807, 2.05) is 42.2 Å². The lowest BCUT2D eigenvalue weighted by atomic mass is 9.96. The van der Waals surface area contributed by atoms with E-state index in [0.29, 0.717) is 0 Å². The fourth-order valence-electron chi connectivity index (χ4n) is 3.54. The Kier molecular flexibility index (Phi) is 7.09. The maximum absolute atomic E-state index is 13.1. The maximum atomic E-state index is 13.1. The quantitative estimate of drug-likeness (QED) is 0.830. The number of carbonyl (C=O) groups excluding carboxylic acids is 1. The Labute approximate surface area is 165 Å². The van der Waals surface area contributed by atoms with Crippen molar-refractivity contribution in [2.75, 3.05) is 13.7 Å². The summed E-state index contributed by atoms with van der Waals surface area (Å²) in [5, 5.41) is 0. The molecule has 0 bridgehead atoms. The van der Waals surface area contributed by atoms with E-state index in [0.717, 1.165) is 52.4 Å². The van der Waals surface area contributed by atoms with Crippen LogP contribution >= 0.6 is 23.7 Å². The molecule has 4 nitrogen and oxygen atoms in total. The van der Waals surface area contributed by atoms with Crippen molar-refractivity contribution in [1.29, 1.82) is 0 Å². The molecule has 26 heavy (non-hydrogen) atoms. The number of hydrogen-bond acceptors (Lipinski definition) is 4. The molecule has 2 atom stereocenters. The first-order chi connectivity index (χ1) is 12.0. The van der Waals surface area contributed by atoms with Crippen LogP contribution in [0, 0.1) is 6.92 Å². The number of likely N-dealkylation sites (tertiary alicyclic amines) is 1. The lowest BCUT2D eigenvalue weighted by Gasteiger charge is -2.37. The van der Waals surface area contributed by atoms with Crippen molar-refractivity contribution in [3.05, 3.63) is 40.1 Å². The predicted octanol–water partition coefficient (Wildman–Crippen LogP) is 4.50. The number of carbonyl (C=O) groups is 1. The highest BCUT2D eigenvalue weighted by atomic mass is 35.5. The van der Waals surface area contributed by atoms with Gasteiger partial charge in [0.1, 0.15) is 5.75 Å². The van der Waals surface area contributed by atoms with Gasteiger partial charge in [-0.1, -0.05) is 12.1 Å². The van der Waals surface area contributed by atoms with Gasteiger partial charge in [-0.25, -0.2) is 0 Å². The van der Waals surface area contributed by atoms with E-state index >= 15 is 0 Å². The van der Waals surface area contributed by atoms with Gasteiger partial charge < -0.3 is 15.4 Å². The number of ether oxygens (including phenoxy) is 1. The Morgan fingerprint density at radius 2 is 2.00 bits per heavy atom. The SMILES string of the molecule is COc1ccc(-c2cc(C(=O)N3CCCCC3C(C)N)sc2C)cc1.Cl. The van der Waals surface area contributed by atoms with Crippen LogP contribution in [-0.2, 0) is 0 Å². The molecule has 142 valence electrons. The van der Waals surface area contributed by atoms with E-state index in [4.69, 9.17) is 10.5 Å². The second-order valence-corrected chi connectivity index (χ2v) is 7.99. The van der Waals surface area contributed by atoms with Gasteiger partial charge in [-0.05, 0) is 62.4 Å². The van der Waals surface area contributed by atoms with Crippen molar-refractivity contribution >= 4 is 29.7 Å². The van der Waals surface area contributed by atoms with Gasteiger partial charge in [-0.15, -0.1) is 23.7 Å². The van der Waals surface area contributed by atoms with Crippen LogP contribution in [-0.4, -0.2) is 36.5 Å². The first-order valence-electron chi connectivity index (χ1n) is 8.82. The van der Waals surface area contributed by atoms with Crippen LogP contribution in [0.25, 0.3) is 11.1 Å². The van der Waals surface area contributed by atoms with E-state index in [-0.39, 0.29) is 30.4 Å². The molecule has 1 aromatic heterocycles. The molecule has 1 aliphatic heterocycles. The average Bonchev–Trinajstić information content (AvgIpc) is 3.03. The van der Waals surface area contributed by atoms with E-state index in [1.165, 1.54) is 0 Å². The molecule has 0 spiro atoms. The molecule has 6 heteroatoms. The third kappa shape index (κ3) is 4.22. The third-order valence-corrected chi connectivity index (χ3v) is 5.99. The van der Waals surface area contributed by atoms with Gasteiger partial charge in [0.15, 0.2) is 0 Å². The number of nitrogens with zero attached hydrogens (tertiary/aromatic N) is 1. The molecule has 2 N–H and O–H groups in total.